The van der Waals surface area contributed by atoms with Crippen LogP contribution in [0, 0.1) is 0 Å². The summed E-state index contributed by atoms with van der Waals surface area (Å²) in [4.78, 5) is 5.32. The summed E-state index contributed by atoms with van der Waals surface area (Å²) in [7, 11) is 0. The van der Waals surface area contributed by atoms with Gasteiger partial charge in [-0.3, -0.25) is 0 Å². The van der Waals surface area contributed by atoms with E-state index in [2.05, 4.69) is 215 Å². The van der Waals surface area contributed by atoms with Crippen molar-refractivity contribution in [3.05, 3.63) is 214 Å². The molecule has 2 unspecified atom stereocenters. The highest BCUT2D eigenvalue weighted by Gasteiger charge is 2.50. The number of para-hydroxylation sites is 2. The second kappa shape index (κ2) is 12.2. The predicted molar refractivity (Wildman–Crippen MR) is 277 cm³/mol. The summed E-state index contributed by atoms with van der Waals surface area (Å²) < 4.78 is 0. The van der Waals surface area contributed by atoms with Crippen molar-refractivity contribution in [1.82, 2.24) is 0 Å². The van der Waals surface area contributed by atoms with Crippen LogP contribution in [0.1, 0.15) is 104 Å². The molecule has 0 saturated carbocycles. The Hall–Kier alpha value is -7.16. The number of hydrogen-bond donors (Lipinski definition) is 0. The van der Waals surface area contributed by atoms with Gasteiger partial charge in [0.25, 0.3) is 0 Å². The molecular weight excluding hydrogens is 797 g/mol. The molecule has 316 valence electrons. The fourth-order valence-electron chi connectivity index (χ4n) is 14.4. The summed E-state index contributed by atoms with van der Waals surface area (Å²) in [6, 6.07) is 63.7. The normalized spacial score (nSPS) is 19.9. The second-order valence-electron chi connectivity index (χ2n) is 21.3. The van der Waals surface area contributed by atoms with E-state index in [1.54, 1.807) is 0 Å². The minimum Gasteiger partial charge on any atom is -0.309 e. The standard InChI is InChI=1S/C64H50N2/c1-36(2)44-35-56(66-52-26-14-12-24-49(52)64(6)47-22-10-8-18-39(47)42-20-16-28-54(66)61(42)64)45-34-50-57-37(31-32-62(50,3)4)33-55(43-30-29-40(44)58(45)59(43)57)65-51-25-13-11-23-48(51)63(5)46-21-9-7-17-38(46)41-19-15-27-53(65)60(41)63/h7-30,33-36H,31-32H2,1-6H3. The van der Waals surface area contributed by atoms with Crippen LogP contribution in [0.15, 0.2) is 164 Å². The fraction of sp³-hybridized carbons (Fsp3) is 0.188. The van der Waals surface area contributed by atoms with Crippen molar-refractivity contribution in [1.29, 1.82) is 0 Å². The molecule has 0 aromatic heterocycles. The summed E-state index contributed by atoms with van der Waals surface area (Å²) in [5, 5.41) is 8.33. The minimum atomic E-state index is -0.266. The van der Waals surface area contributed by atoms with E-state index in [0.29, 0.717) is 5.92 Å². The summed E-state index contributed by atoms with van der Waals surface area (Å²) in [5.74, 6) is 0.312. The van der Waals surface area contributed by atoms with E-state index in [1.807, 2.05) is 0 Å². The largest absolute Gasteiger partial charge is 0.309 e. The molecule has 0 bridgehead atoms. The molecule has 66 heavy (non-hydrogen) atoms. The molecule has 0 spiro atoms. The molecule has 0 radical (unpaired) electrons. The van der Waals surface area contributed by atoms with E-state index in [4.69, 9.17) is 0 Å². The van der Waals surface area contributed by atoms with Gasteiger partial charge in [-0.25, -0.2) is 0 Å². The Kier molecular flexibility index (Phi) is 6.85. The van der Waals surface area contributed by atoms with Crippen LogP contribution in [0.2, 0.25) is 0 Å². The van der Waals surface area contributed by atoms with E-state index < -0.39 is 0 Å². The topological polar surface area (TPSA) is 6.48 Å². The lowest BCUT2D eigenvalue weighted by molar-refractivity contribution is 0.475. The lowest BCUT2D eigenvalue weighted by Crippen LogP contribution is -2.32. The van der Waals surface area contributed by atoms with Crippen LogP contribution in [-0.4, -0.2) is 0 Å². The molecule has 2 heterocycles. The monoisotopic (exact) mass is 846 g/mol. The zero-order valence-corrected chi connectivity index (χ0v) is 38.5. The molecule has 10 aromatic rings. The number of aryl methyl sites for hydroxylation is 1. The Labute approximate surface area is 387 Å². The van der Waals surface area contributed by atoms with Gasteiger partial charge in [-0.1, -0.05) is 149 Å². The summed E-state index contributed by atoms with van der Waals surface area (Å²) in [5.41, 5.74) is 25.3. The lowest BCUT2D eigenvalue weighted by atomic mass is 9.69. The SMILES string of the molecule is CC(C)c1cc(N2c3ccccc3C3(C)c4ccccc4-c4cccc2c43)c2cc3c4c(cc(N5c6ccccc6C6(C)c7ccccc7-c7cccc5c76)c5ccc1c2c54)CCC3(C)C. The van der Waals surface area contributed by atoms with Gasteiger partial charge >= 0.3 is 0 Å². The second-order valence-corrected chi connectivity index (χ2v) is 21.3. The first-order valence-electron chi connectivity index (χ1n) is 24.2. The van der Waals surface area contributed by atoms with Gasteiger partial charge in [0.05, 0.1) is 34.1 Å². The number of rotatable bonds is 3. The molecular formula is C64H50N2. The Morgan fingerprint density at radius 1 is 0.394 bits per heavy atom. The number of nitrogens with zero attached hydrogens (tertiary/aromatic N) is 2. The van der Waals surface area contributed by atoms with Gasteiger partial charge in [-0.05, 0) is 169 Å². The van der Waals surface area contributed by atoms with Crippen LogP contribution in [-0.2, 0) is 22.7 Å². The number of benzene rings is 10. The van der Waals surface area contributed by atoms with Gasteiger partial charge < -0.3 is 9.80 Å². The quantitative estimate of drug-likeness (QED) is 0.163. The maximum Gasteiger partial charge on any atom is 0.0543 e. The van der Waals surface area contributed by atoms with Crippen molar-refractivity contribution in [3.63, 3.8) is 0 Å². The lowest BCUT2D eigenvalue weighted by Gasteiger charge is -2.44. The Balaban J connectivity index is 1.08. The predicted octanol–water partition coefficient (Wildman–Crippen LogP) is 17.2. The molecule has 2 aliphatic heterocycles. The van der Waals surface area contributed by atoms with Gasteiger partial charge in [0.1, 0.15) is 0 Å². The zero-order valence-electron chi connectivity index (χ0n) is 38.5. The average Bonchev–Trinajstić information content (AvgIpc) is 3.77. The minimum absolute atomic E-state index is 0.00509. The molecule has 0 fully saturated rings. The van der Waals surface area contributed by atoms with E-state index in [-0.39, 0.29) is 16.2 Å². The van der Waals surface area contributed by atoms with E-state index >= 15 is 0 Å². The molecule has 2 heteroatoms. The third-order valence-electron chi connectivity index (χ3n) is 17.4. The first-order chi connectivity index (χ1) is 32.1. The summed E-state index contributed by atoms with van der Waals surface area (Å²) in [6.45, 7) is 14.7. The van der Waals surface area contributed by atoms with Crippen LogP contribution in [0.25, 0.3) is 54.6 Å². The number of fused-ring (bicyclic) bond motifs is 10. The van der Waals surface area contributed by atoms with Crippen molar-refractivity contribution in [2.75, 3.05) is 9.80 Å². The van der Waals surface area contributed by atoms with E-state index in [0.717, 1.165) is 12.8 Å². The van der Waals surface area contributed by atoms with Crippen LogP contribution >= 0.6 is 0 Å². The maximum absolute atomic E-state index is 2.66. The van der Waals surface area contributed by atoms with Gasteiger partial charge in [0.2, 0.25) is 0 Å². The van der Waals surface area contributed by atoms with Crippen LogP contribution < -0.4 is 9.80 Å². The third-order valence-corrected chi connectivity index (χ3v) is 17.4. The Bertz CT molecular complexity index is 3830. The van der Waals surface area contributed by atoms with Crippen molar-refractivity contribution in [3.8, 4) is 22.3 Å². The molecule has 10 aromatic carbocycles. The van der Waals surface area contributed by atoms with Crippen LogP contribution in [0.4, 0.5) is 34.1 Å². The first-order valence-corrected chi connectivity index (χ1v) is 24.2. The molecule has 2 atom stereocenters. The molecule has 3 aliphatic carbocycles. The van der Waals surface area contributed by atoms with Crippen molar-refractivity contribution in [2.24, 2.45) is 0 Å². The number of anilines is 6. The van der Waals surface area contributed by atoms with Crippen molar-refractivity contribution in [2.45, 2.75) is 76.5 Å². The fourth-order valence-corrected chi connectivity index (χ4v) is 14.4. The molecule has 0 N–H and O–H groups in total. The first kappa shape index (κ1) is 37.1. The highest BCUT2D eigenvalue weighted by atomic mass is 15.2. The molecule has 0 saturated heterocycles. The van der Waals surface area contributed by atoms with Gasteiger partial charge in [-0.2, -0.15) is 0 Å². The van der Waals surface area contributed by atoms with E-state index in [1.165, 1.54) is 139 Å². The highest BCUT2D eigenvalue weighted by Crippen LogP contribution is 2.66. The summed E-state index contributed by atoms with van der Waals surface area (Å²) >= 11 is 0. The highest BCUT2D eigenvalue weighted by molar-refractivity contribution is 6.31. The number of hydrogen-bond acceptors (Lipinski definition) is 2. The third kappa shape index (κ3) is 4.18. The molecule has 5 aliphatic rings. The molecule has 15 rings (SSSR count). The van der Waals surface area contributed by atoms with Crippen molar-refractivity contribution >= 4 is 66.4 Å². The Morgan fingerprint density at radius 2 is 0.879 bits per heavy atom. The van der Waals surface area contributed by atoms with Gasteiger partial charge in [0, 0.05) is 27.0 Å². The average molecular weight is 847 g/mol. The van der Waals surface area contributed by atoms with Crippen LogP contribution in [0.5, 0.6) is 0 Å². The van der Waals surface area contributed by atoms with Crippen molar-refractivity contribution < 1.29 is 0 Å². The maximum atomic E-state index is 2.66. The van der Waals surface area contributed by atoms with E-state index in [9.17, 15) is 0 Å². The molecule has 2 nitrogen and oxygen atoms in total. The summed E-state index contributed by atoms with van der Waals surface area (Å²) in [6.07, 6.45) is 2.15. The smallest absolute Gasteiger partial charge is 0.0543 e. The van der Waals surface area contributed by atoms with Gasteiger partial charge in [0.15, 0.2) is 0 Å². The zero-order chi connectivity index (χ0) is 44.2. The molecule has 0 amide bonds. The van der Waals surface area contributed by atoms with Gasteiger partial charge in [-0.15, -0.1) is 0 Å². The van der Waals surface area contributed by atoms with Crippen LogP contribution in [0.3, 0.4) is 0 Å². The Morgan fingerprint density at radius 3 is 1.45 bits per heavy atom.